The van der Waals surface area contributed by atoms with E-state index in [9.17, 15) is 0 Å². The molecule has 0 aromatic carbocycles. The van der Waals surface area contributed by atoms with E-state index in [-0.39, 0.29) is 0 Å². The molecule has 24 heavy (non-hydrogen) atoms. The van der Waals surface area contributed by atoms with E-state index < -0.39 is 0 Å². The second kappa shape index (κ2) is 16.3. The molecule has 4 heteroatoms. The van der Waals surface area contributed by atoms with Crippen LogP contribution in [0.15, 0.2) is 0 Å². The minimum Gasteiger partial charge on any atom is -0.317 e. The molecule has 0 aliphatic rings. The Balaban J connectivity index is 3.13. The zero-order valence-electron chi connectivity index (χ0n) is 17.3. The Morgan fingerprint density at radius 3 is 1.50 bits per heavy atom. The molecule has 0 heterocycles. The summed E-state index contributed by atoms with van der Waals surface area (Å²) in [6.07, 6.45) is 6.29. The van der Waals surface area contributed by atoms with Gasteiger partial charge in [0.1, 0.15) is 0 Å². The number of hydrogen-bond donors (Lipinski definition) is 4. The van der Waals surface area contributed by atoms with Crippen LogP contribution in [0.25, 0.3) is 0 Å². The molecule has 0 amide bonds. The number of hydrogen-bond acceptors (Lipinski definition) is 4. The summed E-state index contributed by atoms with van der Waals surface area (Å²) in [5, 5.41) is 14.0. The van der Waals surface area contributed by atoms with E-state index in [1.165, 1.54) is 32.1 Å². The zero-order chi connectivity index (χ0) is 18.1. The Hall–Kier alpha value is -0.160. The predicted octanol–water partition coefficient (Wildman–Crippen LogP) is 3.00. The van der Waals surface area contributed by atoms with Crippen molar-refractivity contribution in [1.29, 1.82) is 0 Å². The van der Waals surface area contributed by atoms with Gasteiger partial charge in [0.15, 0.2) is 0 Å². The van der Waals surface area contributed by atoms with Crippen molar-refractivity contribution < 1.29 is 0 Å². The van der Waals surface area contributed by atoms with Crippen LogP contribution in [0, 0.1) is 11.3 Å². The first kappa shape index (κ1) is 23.8. The fourth-order valence-electron chi connectivity index (χ4n) is 3.06. The van der Waals surface area contributed by atoms with Crippen molar-refractivity contribution >= 4 is 0 Å². The Bertz CT molecular complexity index is 251. The van der Waals surface area contributed by atoms with Gasteiger partial charge in [-0.25, -0.2) is 0 Å². The third kappa shape index (κ3) is 19.9. The van der Waals surface area contributed by atoms with Crippen LogP contribution in [0.1, 0.15) is 66.7 Å². The van der Waals surface area contributed by atoms with Crippen molar-refractivity contribution in [2.45, 2.75) is 66.7 Å². The lowest BCUT2D eigenvalue weighted by atomic mass is 9.84. The molecule has 0 spiro atoms. The maximum absolute atomic E-state index is 3.58. The predicted molar refractivity (Wildman–Crippen MR) is 109 cm³/mol. The van der Waals surface area contributed by atoms with E-state index in [1.807, 2.05) is 0 Å². The number of nitrogens with one attached hydrogen (secondary N) is 4. The SMILES string of the molecule is CCNCCCNCCCNCCCNCCC(C)CC(C)(C)C. The zero-order valence-corrected chi connectivity index (χ0v) is 17.3. The van der Waals surface area contributed by atoms with Crippen LogP contribution < -0.4 is 21.3 Å². The van der Waals surface area contributed by atoms with E-state index in [2.05, 4.69) is 55.9 Å². The summed E-state index contributed by atoms with van der Waals surface area (Å²) in [6.45, 7) is 20.6. The van der Waals surface area contributed by atoms with Crippen LogP contribution in [0.3, 0.4) is 0 Å². The molecule has 0 radical (unpaired) electrons. The summed E-state index contributed by atoms with van der Waals surface area (Å²) in [4.78, 5) is 0. The molecule has 0 saturated heterocycles. The van der Waals surface area contributed by atoms with E-state index >= 15 is 0 Å². The molecule has 0 bridgehead atoms. The molecule has 146 valence electrons. The van der Waals surface area contributed by atoms with E-state index in [4.69, 9.17) is 0 Å². The normalized spacial score (nSPS) is 13.4. The fraction of sp³-hybridized carbons (Fsp3) is 1.00. The van der Waals surface area contributed by atoms with E-state index in [0.717, 1.165) is 58.3 Å². The molecular formula is C20H46N4. The third-order valence-corrected chi connectivity index (χ3v) is 4.15. The summed E-state index contributed by atoms with van der Waals surface area (Å²) in [6, 6.07) is 0. The second-order valence-electron chi connectivity index (χ2n) is 8.32. The van der Waals surface area contributed by atoms with Gasteiger partial charge in [-0.15, -0.1) is 0 Å². The first-order valence-corrected chi connectivity index (χ1v) is 10.3. The summed E-state index contributed by atoms with van der Waals surface area (Å²) in [5.41, 5.74) is 0.463. The Labute approximate surface area is 152 Å². The van der Waals surface area contributed by atoms with Gasteiger partial charge < -0.3 is 21.3 Å². The van der Waals surface area contributed by atoms with Gasteiger partial charge in [0.25, 0.3) is 0 Å². The van der Waals surface area contributed by atoms with E-state index in [0.29, 0.717) is 5.41 Å². The van der Waals surface area contributed by atoms with Gasteiger partial charge >= 0.3 is 0 Å². The first-order valence-electron chi connectivity index (χ1n) is 10.3. The largest absolute Gasteiger partial charge is 0.317 e. The van der Waals surface area contributed by atoms with Gasteiger partial charge in [0.05, 0.1) is 0 Å². The number of rotatable bonds is 17. The van der Waals surface area contributed by atoms with Crippen LogP contribution >= 0.6 is 0 Å². The molecule has 0 fully saturated rings. The highest BCUT2D eigenvalue weighted by atomic mass is 14.9. The van der Waals surface area contributed by atoms with Crippen molar-refractivity contribution in [2.24, 2.45) is 11.3 Å². The highest BCUT2D eigenvalue weighted by Gasteiger charge is 2.14. The van der Waals surface area contributed by atoms with Crippen molar-refractivity contribution in [1.82, 2.24) is 21.3 Å². The van der Waals surface area contributed by atoms with Gasteiger partial charge in [-0.2, -0.15) is 0 Å². The van der Waals surface area contributed by atoms with Gasteiger partial charge in [-0.3, -0.25) is 0 Å². The Kier molecular flexibility index (Phi) is 16.2. The molecule has 0 aliphatic carbocycles. The van der Waals surface area contributed by atoms with Gasteiger partial charge in [0, 0.05) is 0 Å². The summed E-state index contributed by atoms with van der Waals surface area (Å²) >= 11 is 0. The van der Waals surface area contributed by atoms with Crippen molar-refractivity contribution in [3.8, 4) is 0 Å². The van der Waals surface area contributed by atoms with Crippen LogP contribution in [0.4, 0.5) is 0 Å². The molecule has 0 aromatic heterocycles. The van der Waals surface area contributed by atoms with Crippen molar-refractivity contribution in [2.75, 3.05) is 52.4 Å². The highest BCUT2D eigenvalue weighted by molar-refractivity contribution is 4.67. The van der Waals surface area contributed by atoms with Gasteiger partial charge in [-0.1, -0.05) is 34.6 Å². The summed E-state index contributed by atoms with van der Waals surface area (Å²) in [7, 11) is 0. The standard InChI is InChI=1S/C20H46N4/c1-6-21-11-7-12-22-13-8-14-23-15-9-16-24-17-10-19(2)18-20(3,4)5/h19,21-24H,6-18H2,1-5H3. The molecule has 0 saturated carbocycles. The quantitative estimate of drug-likeness (QED) is 0.307. The molecular weight excluding hydrogens is 296 g/mol. The molecule has 0 aromatic rings. The first-order chi connectivity index (χ1) is 11.5. The fourth-order valence-corrected chi connectivity index (χ4v) is 3.06. The van der Waals surface area contributed by atoms with Crippen LogP contribution in [0.5, 0.6) is 0 Å². The monoisotopic (exact) mass is 342 g/mol. The average Bonchev–Trinajstić information content (AvgIpc) is 2.49. The van der Waals surface area contributed by atoms with Gasteiger partial charge in [-0.05, 0) is 95.8 Å². The van der Waals surface area contributed by atoms with Crippen molar-refractivity contribution in [3.63, 3.8) is 0 Å². The Morgan fingerprint density at radius 2 is 1.08 bits per heavy atom. The molecule has 0 rings (SSSR count). The molecule has 4 N–H and O–H groups in total. The summed E-state index contributed by atoms with van der Waals surface area (Å²) in [5.74, 6) is 0.820. The van der Waals surface area contributed by atoms with Crippen LogP contribution in [-0.4, -0.2) is 52.4 Å². The third-order valence-electron chi connectivity index (χ3n) is 4.15. The van der Waals surface area contributed by atoms with Crippen LogP contribution in [-0.2, 0) is 0 Å². The van der Waals surface area contributed by atoms with Crippen molar-refractivity contribution in [3.05, 3.63) is 0 Å². The average molecular weight is 343 g/mol. The lowest BCUT2D eigenvalue weighted by molar-refractivity contribution is 0.294. The smallest absolute Gasteiger partial charge is 0.00368 e. The second-order valence-corrected chi connectivity index (χ2v) is 8.32. The Morgan fingerprint density at radius 1 is 0.667 bits per heavy atom. The molecule has 0 aliphatic heterocycles. The lowest BCUT2D eigenvalue weighted by Crippen LogP contribution is -2.27. The lowest BCUT2D eigenvalue weighted by Gasteiger charge is -2.23. The van der Waals surface area contributed by atoms with E-state index in [1.54, 1.807) is 0 Å². The minimum atomic E-state index is 0.463. The molecule has 1 unspecified atom stereocenters. The highest BCUT2D eigenvalue weighted by Crippen LogP contribution is 2.25. The van der Waals surface area contributed by atoms with Crippen LogP contribution in [0.2, 0.25) is 0 Å². The van der Waals surface area contributed by atoms with Gasteiger partial charge in [0.2, 0.25) is 0 Å². The minimum absolute atomic E-state index is 0.463. The topological polar surface area (TPSA) is 48.1 Å². The maximum Gasteiger partial charge on any atom is -0.00368 e. The summed E-state index contributed by atoms with van der Waals surface area (Å²) < 4.78 is 0. The molecule has 1 atom stereocenters. The maximum atomic E-state index is 3.58. The molecule has 4 nitrogen and oxygen atoms in total.